The van der Waals surface area contributed by atoms with Gasteiger partial charge in [-0.05, 0) is 31.7 Å². The molecule has 1 unspecified atom stereocenters. The summed E-state index contributed by atoms with van der Waals surface area (Å²) in [5.41, 5.74) is 3.26. The second-order valence-electron chi connectivity index (χ2n) is 7.24. The van der Waals surface area contributed by atoms with E-state index in [1.54, 1.807) is 7.11 Å². The van der Waals surface area contributed by atoms with Gasteiger partial charge in [-0.15, -0.1) is 0 Å². The molecule has 0 saturated carbocycles. The van der Waals surface area contributed by atoms with Gasteiger partial charge < -0.3 is 10.1 Å². The molecule has 0 aliphatic carbocycles. The van der Waals surface area contributed by atoms with Crippen molar-refractivity contribution < 1.29 is 4.74 Å². The van der Waals surface area contributed by atoms with Crippen molar-refractivity contribution in [3.8, 4) is 0 Å². The standard InChI is InChI=1S/C17H31N3O/c1-11(2)9-18-10-14-12(3)19-16(20-13(14)4)15(21-8)17(5,6)7/h11,15,18H,9-10H2,1-8H3. The van der Waals surface area contributed by atoms with Crippen LogP contribution in [0.15, 0.2) is 0 Å². The Morgan fingerprint density at radius 1 is 1.10 bits per heavy atom. The summed E-state index contributed by atoms with van der Waals surface area (Å²) >= 11 is 0. The molecule has 0 spiro atoms. The maximum atomic E-state index is 5.62. The van der Waals surface area contributed by atoms with E-state index in [1.165, 1.54) is 5.56 Å². The van der Waals surface area contributed by atoms with Crippen LogP contribution >= 0.6 is 0 Å². The SMILES string of the molecule is COC(c1nc(C)c(CNCC(C)C)c(C)n1)C(C)(C)C. The van der Waals surface area contributed by atoms with E-state index in [4.69, 9.17) is 14.7 Å². The van der Waals surface area contributed by atoms with Crippen molar-refractivity contribution >= 4 is 0 Å². The number of aryl methyl sites for hydroxylation is 2. The summed E-state index contributed by atoms with van der Waals surface area (Å²) in [4.78, 5) is 9.39. The Balaban J connectivity index is 2.98. The number of ether oxygens (including phenoxy) is 1. The maximum Gasteiger partial charge on any atom is 0.158 e. The average molecular weight is 293 g/mol. The van der Waals surface area contributed by atoms with Crippen LogP contribution in [0, 0.1) is 25.2 Å². The molecule has 0 aliphatic rings. The summed E-state index contributed by atoms with van der Waals surface area (Å²) in [7, 11) is 1.72. The highest BCUT2D eigenvalue weighted by molar-refractivity contribution is 5.25. The minimum absolute atomic E-state index is 0.0228. The van der Waals surface area contributed by atoms with Gasteiger partial charge in [-0.3, -0.25) is 0 Å². The van der Waals surface area contributed by atoms with Crippen LogP contribution < -0.4 is 5.32 Å². The van der Waals surface area contributed by atoms with E-state index in [1.807, 2.05) is 0 Å². The maximum absolute atomic E-state index is 5.62. The van der Waals surface area contributed by atoms with Gasteiger partial charge in [0, 0.05) is 30.6 Å². The minimum atomic E-state index is -0.0902. The fourth-order valence-electron chi connectivity index (χ4n) is 2.47. The summed E-state index contributed by atoms with van der Waals surface area (Å²) in [6, 6.07) is 0. The lowest BCUT2D eigenvalue weighted by molar-refractivity contribution is 0.00839. The second-order valence-corrected chi connectivity index (χ2v) is 7.24. The molecule has 0 bridgehead atoms. The number of hydrogen-bond donors (Lipinski definition) is 1. The molecule has 0 radical (unpaired) electrons. The van der Waals surface area contributed by atoms with Crippen molar-refractivity contribution in [2.24, 2.45) is 11.3 Å². The average Bonchev–Trinajstić information content (AvgIpc) is 2.31. The van der Waals surface area contributed by atoms with Gasteiger partial charge in [0.2, 0.25) is 0 Å². The number of rotatable bonds is 6. The van der Waals surface area contributed by atoms with Gasteiger partial charge in [0.05, 0.1) is 0 Å². The Hall–Kier alpha value is -1.00. The molecule has 0 amide bonds. The number of hydrogen-bond acceptors (Lipinski definition) is 4. The normalized spacial score (nSPS) is 13.8. The van der Waals surface area contributed by atoms with Gasteiger partial charge >= 0.3 is 0 Å². The molecule has 1 rings (SSSR count). The van der Waals surface area contributed by atoms with Crippen molar-refractivity contribution in [3.05, 3.63) is 22.8 Å². The Bertz CT molecular complexity index is 441. The smallest absolute Gasteiger partial charge is 0.158 e. The summed E-state index contributed by atoms with van der Waals surface area (Å²) in [6.07, 6.45) is -0.0902. The van der Waals surface area contributed by atoms with Gasteiger partial charge in [0.15, 0.2) is 5.82 Å². The first kappa shape index (κ1) is 18.1. The molecule has 1 aromatic rings. The lowest BCUT2D eigenvalue weighted by Gasteiger charge is -2.28. The van der Waals surface area contributed by atoms with Crippen LogP contribution in [0.3, 0.4) is 0 Å². The minimum Gasteiger partial charge on any atom is -0.373 e. The number of nitrogens with zero attached hydrogens (tertiary/aromatic N) is 2. The first-order chi connectivity index (χ1) is 9.66. The molecule has 0 fully saturated rings. The van der Waals surface area contributed by atoms with Gasteiger partial charge in [0.1, 0.15) is 6.10 Å². The van der Waals surface area contributed by atoms with E-state index in [0.29, 0.717) is 5.92 Å². The molecule has 0 aliphatic heterocycles. The fraction of sp³-hybridized carbons (Fsp3) is 0.765. The zero-order valence-corrected chi connectivity index (χ0v) is 14.9. The third-order valence-electron chi connectivity index (χ3n) is 3.55. The van der Waals surface area contributed by atoms with Crippen LogP contribution in [0.1, 0.15) is 63.5 Å². The quantitative estimate of drug-likeness (QED) is 0.871. The Labute approximate surface area is 129 Å². The Morgan fingerprint density at radius 3 is 2.00 bits per heavy atom. The zero-order valence-electron chi connectivity index (χ0n) is 14.9. The highest BCUT2D eigenvalue weighted by Gasteiger charge is 2.29. The highest BCUT2D eigenvalue weighted by Crippen LogP contribution is 2.34. The zero-order chi connectivity index (χ0) is 16.2. The molecule has 21 heavy (non-hydrogen) atoms. The van der Waals surface area contributed by atoms with E-state index in [-0.39, 0.29) is 11.5 Å². The van der Waals surface area contributed by atoms with Crippen molar-refractivity contribution in [3.63, 3.8) is 0 Å². The van der Waals surface area contributed by atoms with Gasteiger partial charge in [-0.1, -0.05) is 34.6 Å². The fourth-order valence-corrected chi connectivity index (χ4v) is 2.47. The third-order valence-corrected chi connectivity index (χ3v) is 3.55. The predicted octanol–water partition coefficient (Wildman–Crippen LogP) is 3.57. The summed E-state index contributed by atoms with van der Waals surface area (Å²) in [5, 5.41) is 3.46. The molecule has 1 heterocycles. The molecule has 4 heteroatoms. The van der Waals surface area contributed by atoms with E-state index >= 15 is 0 Å². The largest absolute Gasteiger partial charge is 0.373 e. The van der Waals surface area contributed by atoms with Crippen LogP contribution in [0.5, 0.6) is 0 Å². The first-order valence-electron chi connectivity index (χ1n) is 7.74. The van der Waals surface area contributed by atoms with Crippen LogP contribution in [0.4, 0.5) is 0 Å². The number of nitrogens with one attached hydrogen (secondary N) is 1. The van der Waals surface area contributed by atoms with E-state index in [2.05, 4.69) is 53.8 Å². The molecule has 0 aromatic carbocycles. The van der Waals surface area contributed by atoms with Gasteiger partial charge in [-0.25, -0.2) is 9.97 Å². The predicted molar refractivity (Wildman–Crippen MR) is 87.3 cm³/mol. The molecule has 1 atom stereocenters. The van der Waals surface area contributed by atoms with Gasteiger partial charge in [-0.2, -0.15) is 0 Å². The van der Waals surface area contributed by atoms with Crippen molar-refractivity contribution in [1.29, 1.82) is 0 Å². The molecular formula is C17H31N3O. The van der Waals surface area contributed by atoms with Crippen molar-refractivity contribution in [1.82, 2.24) is 15.3 Å². The molecule has 4 nitrogen and oxygen atoms in total. The third kappa shape index (κ3) is 5.04. The lowest BCUT2D eigenvalue weighted by Crippen LogP contribution is -2.25. The summed E-state index contributed by atoms with van der Waals surface area (Å²) in [6.45, 7) is 16.8. The van der Waals surface area contributed by atoms with E-state index < -0.39 is 0 Å². The molecule has 120 valence electrons. The highest BCUT2D eigenvalue weighted by atomic mass is 16.5. The van der Waals surface area contributed by atoms with Crippen LogP contribution in [-0.4, -0.2) is 23.6 Å². The van der Waals surface area contributed by atoms with Gasteiger partial charge in [0.25, 0.3) is 0 Å². The van der Waals surface area contributed by atoms with Crippen molar-refractivity contribution in [2.45, 2.75) is 61.1 Å². The first-order valence-corrected chi connectivity index (χ1v) is 7.74. The summed E-state index contributed by atoms with van der Waals surface area (Å²) in [5.74, 6) is 1.43. The number of methoxy groups -OCH3 is 1. The monoisotopic (exact) mass is 293 g/mol. The van der Waals surface area contributed by atoms with E-state index in [0.717, 1.165) is 30.3 Å². The molecule has 0 saturated heterocycles. The molecular weight excluding hydrogens is 262 g/mol. The number of aromatic nitrogens is 2. The van der Waals surface area contributed by atoms with Crippen LogP contribution in [0.2, 0.25) is 0 Å². The van der Waals surface area contributed by atoms with Crippen LogP contribution in [0.25, 0.3) is 0 Å². The lowest BCUT2D eigenvalue weighted by atomic mass is 9.88. The van der Waals surface area contributed by atoms with E-state index in [9.17, 15) is 0 Å². The summed E-state index contributed by atoms with van der Waals surface area (Å²) < 4.78 is 5.62. The molecule has 1 N–H and O–H groups in total. The second kappa shape index (κ2) is 7.32. The topological polar surface area (TPSA) is 47.0 Å². The Kier molecular flexibility index (Phi) is 6.29. The molecule has 1 aromatic heterocycles. The van der Waals surface area contributed by atoms with Crippen LogP contribution in [-0.2, 0) is 11.3 Å². The van der Waals surface area contributed by atoms with Crippen molar-refractivity contribution in [2.75, 3.05) is 13.7 Å². The Morgan fingerprint density at radius 2 is 1.62 bits per heavy atom.